The lowest BCUT2D eigenvalue weighted by Crippen LogP contribution is -2.00. The lowest BCUT2D eigenvalue weighted by Gasteiger charge is -2.10. The van der Waals surface area contributed by atoms with Crippen molar-refractivity contribution in [2.75, 3.05) is 0 Å². The van der Waals surface area contributed by atoms with Crippen LogP contribution in [0.15, 0.2) is 41.5 Å². The molecule has 0 radical (unpaired) electrons. The van der Waals surface area contributed by atoms with E-state index in [1.807, 2.05) is 31.2 Å². The zero-order valence-electron chi connectivity index (χ0n) is 10.2. The molecule has 16 heavy (non-hydrogen) atoms. The summed E-state index contributed by atoms with van der Waals surface area (Å²) in [5.41, 5.74) is 1.12. The lowest BCUT2D eigenvalue weighted by atomic mass is 9.98. The van der Waals surface area contributed by atoms with Crippen LogP contribution in [0.2, 0.25) is 0 Å². The second-order valence-corrected chi connectivity index (χ2v) is 5.95. The summed E-state index contributed by atoms with van der Waals surface area (Å²) in [7, 11) is 0. The third-order valence-corrected chi connectivity index (χ3v) is 2.82. The average Bonchev–Trinajstić information content (AvgIpc) is 2.15. The van der Waals surface area contributed by atoms with Gasteiger partial charge in [0.1, 0.15) is 6.26 Å². The van der Waals surface area contributed by atoms with Crippen LogP contribution in [-0.4, -0.2) is 4.21 Å². The van der Waals surface area contributed by atoms with Crippen molar-refractivity contribution in [1.29, 1.82) is 0 Å². The van der Waals surface area contributed by atoms with Crippen LogP contribution >= 0.6 is 0 Å². The zero-order valence-corrected chi connectivity index (χ0v) is 11.0. The molecule has 2 nitrogen and oxygen atoms in total. The van der Waals surface area contributed by atoms with Crippen LogP contribution in [0.4, 0.5) is 0 Å². The summed E-state index contributed by atoms with van der Waals surface area (Å²) in [5.74, 6) is 0. The molecule has 0 bridgehead atoms. The first kappa shape index (κ1) is 13.0. The van der Waals surface area contributed by atoms with E-state index in [4.69, 9.17) is 4.18 Å². The van der Waals surface area contributed by atoms with Crippen molar-refractivity contribution in [3.8, 4) is 0 Å². The molecule has 0 saturated heterocycles. The summed E-state index contributed by atoms with van der Waals surface area (Å²) in [6.07, 6.45) is 3.40. The van der Waals surface area contributed by atoms with E-state index in [2.05, 4.69) is 20.8 Å². The highest BCUT2D eigenvalue weighted by Gasteiger charge is 2.06. The first-order valence-corrected chi connectivity index (χ1v) is 6.29. The van der Waals surface area contributed by atoms with Gasteiger partial charge in [-0.1, -0.05) is 32.9 Å². The largest absolute Gasteiger partial charge is 0.405 e. The van der Waals surface area contributed by atoms with Gasteiger partial charge in [-0.2, -0.15) is 0 Å². The number of rotatable bonds is 3. The standard InChI is InChI=1S/C13H18O2S/c1-11-6-5-7-12(10-11)16(14)15-9-8-13(2,3)4/h5-10H,1-4H3/b9-8+. The smallest absolute Gasteiger partial charge is 0.240 e. The molecule has 0 heterocycles. The van der Waals surface area contributed by atoms with E-state index in [1.165, 1.54) is 6.26 Å². The summed E-state index contributed by atoms with van der Waals surface area (Å²) in [6.45, 7) is 8.14. The lowest BCUT2D eigenvalue weighted by molar-refractivity contribution is 0.475. The Morgan fingerprint density at radius 3 is 2.56 bits per heavy atom. The summed E-state index contributed by atoms with van der Waals surface area (Å²) in [5, 5.41) is 0. The Bertz CT molecular complexity index is 403. The molecule has 88 valence electrons. The van der Waals surface area contributed by atoms with Crippen LogP contribution in [0.3, 0.4) is 0 Å². The van der Waals surface area contributed by atoms with E-state index < -0.39 is 11.1 Å². The molecular formula is C13H18O2S. The molecular weight excluding hydrogens is 220 g/mol. The first-order chi connectivity index (χ1) is 7.38. The fraction of sp³-hybridized carbons (Fsp3) is 0.385. The van der Waals surface area contributed by atoms with Gasteiger partial charge in [0.15, 0.2) is 0 Å². The maximum Gasteiger partial charge on any atom is 0.240 e. The van der Waals surface area contributed by atoms with E-state index in [9.17, 15) is 4.21 Å². The number of hydrogen-bond acceptors (Lipinski definition) is 2. The highest BCUT2D eigenvalue weighted by molar-refractivity contribution is 7.80. The van der Waals surface area contributed by atoms with E-state index in [0.29, 0.717) is 4.90 Å². The molecule has 0 N–H and O–H groups in total. The molecule has 1 aromatic carbocycles. The third-order valence-electron chi connectivity index (χ3n) is 1.89. The van der Waals surface area contributed by atoms with Crippen LogP contribution in [0.5, 0.6) is 0 Å². The van der Waals surface area contributed by atoms with Gasteiger partial charge in [-0.3, -0.25) is 0 Å². The Kier molecular flexibility index (Phi) is 4.30. The second-order valence-electron chi connectivity index (χ2n) is 4.82. The number of benzene rings is 1. The minimum atomic E-state index is -1.42. The van der Waals surface area contributed by atoms with Crippen molar-refractivity contribution < 1.29 is 8.39 Å². The zero-order chi connectivity index (χ0) is 12.2. The quantitative estimate of drug-likeness (QED) is 0.752. The van der Waals surface area contributed by atoms with Crippen LogP contribution in [0, 0.1) is 12.3 Å². The van der Waals surface area contributed by atoms with Gasteiger partial charge in [-0.25, -0.2) is 4.21 Å². The van der Waals surface area contributed by atoms with Crippen LogP contribution < -0.4 is 0 Å². The highest BCUT2D eigenvalue weighted by atomic mass is 32.2. The number of aryl methyl sites for hydroxylation is 1. The van der Waals surface area contributed by atoms with Crippen molar-refractivity contribution in [1.82, 2.24) is 0 Å². The van der Waals surface area contributed by atoms with Gasteiger partial charge in [0.2, 0.25) is 11.1 Å². The molecule has 3 heteroatoms. The maximum atomic E-state index is 11.7. The van der Waals surface area contributed by atoms with Gasteiger partial charge < -0.3 is 4.18 Å². The van der Waals surface area contributed by atoms with Crippen LogP contribution in [0.1, 0.15) is 26.3 Å². The van der Waals surface area contributed by atoms with Gasteiger partial charge in [0.25, 0.3) is 0 Å². The molecule has 1 unspecified atom stereocenters. The molecule has 0 amide bonds. The maximum absolute atomic E-state index is 11.7. The van der Waals surface area contributed by atoms with Crippen molar-refractivity contribution in [3.05, 3.63) is 42.2 Å². The molecule has 0 fully saturated rings. The third kappa shape index (κ3) is 4.62. The van der Waals surface area contributed by atoms with E-state index in [0.717, 1.165) is 5.56 Å². The van der Waals surface area contributed by atoms with Crippen LogP contribution in [0.25, 0.3) is 0 Å². The van der Waals surface area contributed by atoms with E-state index in [-0.39, 0.29) is 5.41 Å². The number of allylic oxidation sites excluding steroid dienone is 1. The molecule has 0 aliphatic heterocycles. The predicted molar refractivity (Wildman–Crippen MR) is 67.3 cm³/mol. The molecule has 0 spiro atoms. The molecule has 1 atom stereocenters. The molecule has 1 aromatic rings. The minimum absolute atomic E-state index is 0.0385. The Morgan fingerprint density at radius 2 is 2.00 bits per heavy atom. The van der Waals surface area contributed by atoms with Crippen LogP contribution in [-0.2, 0) is 15.3 Å². The van der Waals surface area contributed by atoms with E-state index >= 15 is 0 Å². The molecule has 1 rings (SSSR count). The normalized spacial score (nSPS) is 14.0. The summed E-state index contributed by atoms with van der Waals surface area (Å²) < 4.78 is 16.9. The molecule has 0 aromatic heterocycles. The molecule has 0 saturated carbocycles. The highest BCUT2D eigenvalue weighted by Crippen LogP contribution is 2.16. The van der Waals surface area contributed by atoms with Gasteiger partial charge >= 0.3 is 0 Å². The Hall–Kier alpha value is -1.09. The SMILES string of the molecule is Cc1cccc(S(=O)O/C=C/C(C)(C)C)c1. The Morgan fingerprint density at radius 1 is 1.31 bits per heavy atom. The van der Waals surface area contributed by atoms with Gasteiger partial charge in [0, 0.05) is 0 Å². The summed E-state index contributed by atoms with van der Waals surface area (Å²) in [6, 6.07) is 7.50. The van der Waals surface area contributed by atoms with Gasteiger partial charge in [-0.05, 0) is 36.1 Å². The summed E-state index contributed by atoms with van der Waals surface area (Å²) in [4.78, 5) is 0.693. The van der Waals surface area contributed by atoms with E-state index in [1.54, 1.807) is 6.07 Å². The monoisotopic (exact) mass is 238 g/mol. The van der Waals surface area contributed by atoms with Crippen molar-refractivity contribution >= 4 is 11.1 Å². The Labute approximate surface area is 100.0 Å². The number of hydrogen-bond donors (Lipinski definition) is 0. The predicted octanol–water partition coefficient (Wildman–Crippen LogP) is 3.59. The minimum Gasteiger partial charge on any atom is -0.405 e. The van der Waals surface area contributed by atoms with Crippen molar-refractivity contribution in [3.63, 3.8) is 0 Å². The van der Waals surface area contributed by atoms with Gasteiger partial charge in [0.05, 0.1) is 4.90 Å². The summed E-state index contributed by atoms with van der Waals surface area (Å²) >= 11 is -1.42. The second kappa shape index (κ2) is 5.30. The Balaban J connectivity index is 2.64. The van der Waals surface area contributed by atoms with Crippen molar-refractivity contribution in [2.45, 2.75) is 32.6 Å². The average molecular weight is 238 g/mol. The van der Waals surface area contributed by atoms with Gasteiger partial charge in [-0.15, -0.1) is 0 Å². The molecule has 0 aliphatic carbocycles. The fourth-order valence-electron chi connectivity index (χ4n) is 1.06. The topological polar surface area (TPSA) is 26.3 Å². The first-order valence-electron chi connectivity index (χ1n) is 5.22. The fourth-order valence-corrected chi connectivity index (χ4v) is 1.80. The molecule has 0 aliphatic rings. The van der Waals surface area contributed by atoms with Crippen molar-refractivity contribution in [2.24, 2.45) is 5.41 Å².